The number of hydrogen-bond donors (Lipinski definition) is 1. The summed E-state index contributed by atoms with van der Waals surface area (Å²) in [4.78, 5) is 0. The average molecular weight is 205 g/mol. The Morgan fingerprint density at radius 2 is 2.08 bits per heavy atom. The standard InChI is InChI=1S/C9H19NO2S/c1-5-8(2)6-10-9(3)7-13(4,11)12/h9-10H,2,5-7H2,1,3-4H3. The maximum Gasteiger partial charge on any atom is 0.148 e. The van der Waals surface area contributed by atoms with E-state index in [1.807, 2.05) is 13.8 Å². The molecule has 4 heteroatoms. The minimum absolute atomic E-state index is 0.00157. The third-order valence-corrected chi connectivity index (χ3v) is 2.86. The third kappa shape index (κ3) is 7.99. The zero-order chi connectivity index (χ0) is 10.5. The molecule has 0 aliphatic carbocycles. The summed E-state index contributed by atoms with van der Waals surface area (Å²) in [5, 5.41) is 3.11. The van der Waals surface area contributed by atoms with Crippen molar-refractivity contribution in [1.82, 2.24) is 5.32 Å². The van der Waals surface area contributed by atoms with Crippen LogP contribution in [-0.4, -0.2) is 33.0 Å². The molecule has 0 rings (SSSR count). The molecule has 0 aliphatic heterocycles. The Morgan fingerprint density at radius 1 is 1.54 bits per heavy atom. The minimum atomic E-state index is -2.87. The molecule has 13 heavy (non-hydrogen) atoms. The first-order valence-corrected chi connectivity index (χ1v) is 6.49. The Hall–Kier alpha value is -0.350. The molecule has 0 saturated carbocycles. The lowest BCUT2D eigenvalue weighted by molar-refractivity contribution is 0.572. The van der Waals surface area contributed by atoms with Gasteiger partial charge in [-0.15, -0.1) is 0 Å². The molecular formula is C9H19NO2S. The normalized spacial score (nSPS) is 14.1. The molecule has 0 aromatic carbocycles. The van der Waals surface area contributed by atoms with Crippen molar-refractivity contribution >= 4 is 9.84 Å². The highest BCUT2D eigenvalue weighted by molar-refractivity contribution is 7.90. The summed E-state index contributed by atoms with van der Waals surface area (Å²) in [5.74, 6) is 0.185. The largest absolute Gasteiger partial charge is 0.310 e. The van der Waals surface area contributed by atoms with Crippen LogP contribution >= 0.6 is 0 Å². The fraction of sp³-hybridized carbons (Fsp3) is 0.778. The van der Waals surface area contributed by atoms with Gasteiger partial charge < -0.3 is 5.32 Å². The molecule has 0 saturated heterocycles. The quantitative estimate of drug-likeness (QED) is 0.657. The van der Waals surface area contributed by atoms with Crippen LogP contribution in [0.5, 0.6) is 0 Å². The lowest BCUT2D eigenvalue weighted by Gasteiger charge is -2.12. The van der Waals surface area contributed by atoms with Crippen molar-refractivity contribution in [2.45, 2.75) is 26.3 Å². The Bertz CT molecular complexity index is 257. The van der Waals surface area contributed by atoms with E-state index in [1.54, 1.807) is 0 Å². The van der Waals surface area contributed by atoms with Gasteiger partial charge in [0.2, 0.25) is 0 Å². The van der Waals surface area contributed by atoms with Gasteiger partial charge in [0.05, 0.1) is 5.75 Å². The van der Waals surface area contributed by atoms with Gasteiger partial charge in [-0.05, 0) is 13.3 Å². The first-order chi connectivity index (χ1) is 5.85. The number of nitrogens with one attached hydrogen (secondary N) is 1. The molecule has 1 atom stereocenters. The second-order valence-electron chi connectivity index (χ2n) is 3.48. The first-order valence-electron chi connectivity index (χ1n) is 4.43. The SMILES string of the molecule is C=C(CC)CNC(C)CS(C)(=O)=O. The van der Waals surface area contributed by atoms with Gasteiger partial charge in [0.25, 0.3) is 0 Å². The minimum Gasteiger partial charge on any atom is -0.310 e. The Labute approximate surface area is 81.1 Å². The van der Waals surface area contributed by atoms with E-state index < -0.39 is 9.84 Å². The van der Waals surface area contributed by atoms with Gasteiger partial charge in [-0.2, -0.15) is 0 Å². The van der Waals surface area contributed by atoms with Crippen molar-refractivity contribution in [2.24, 2.45) is 0 Å². The number of hydrogen-bond acceptors (Lipinski definition) is 3. The fourth-order valence-electron chi connectivity index (χ4n) is 0.957. The molecule has 0 bridgehead atoms. The van der Waals surface area contributed by atoms with E-state index in [9.17, 15) is 8.42 Å². The summed E-state index contributed by atoms with van der Waals surface area (Å²) in [6, 6.07) is -0.00157. The van der Waals surface area contributed by atoms with E-state index in [4.69, 9.17) is 0 Å². The van der Waals surface area contributed by atoms with E-state index >= 15 is 0 Å². The van der Waals surface area contributed by atoms with Crippen LogP contribution in [0.2, 0.25) is 0 Å². The lowest BCUT2D eigenvalue weighted by Crippen LogP contribution is -2.33. The molecule has 0 radical (unpaired) electrons. The first kappa shape index (κ1) is 12.7. The zero-order valence-electron chi connectivity index (χ0n) is 8.63. The van der Waals surface area contributed by atoms with Crippen LogP contribution in [0.15, 0.2) is 12.2 Å². The summed E-state index contributed by atoms with van der Waals surface area (Å²) in [6.07, 6.45) is 2.18. The molecule has 0 aromatic rings. The van der Waals surface area contributed by atoms with Gasteiger partial charge in [-0.25, -0.2) is 8.42 Å². The number of sulfone groups is 1. The molecule has 0 aromatic heterocycles. The van der Waals surface area contributed by atoms with Crippen molar-refractivity contribution in [2.75, 3.05) is 18.6 Å². The summed E-state index contributed by atoms with van der Waals surface area (Å²) in [6.45, 7) is 8.43. The van der Waals surface area contributed by atoms with Gasteiger partial charge in [0.15, 0.2) is 0 Å². The summed E-state index contributed by atoms with van der Waals surface area (Å²) < 4.78 is 21.8. The van der Waals surface area contributed by atoms with Gasteiger partial charge in [0, 0.05) is 18.8 Å². The van der Waals surface area contributed by atoms with Crippen LogP contribution in [0.3, 0.4) is 0 Å². The number of rotatable bonds is 6. The predicted molar refractivity (Wildman–Crippen MR) is 56.6 cm³/mol. The van der Waals surface area contributed by atoms with E-state index in [0.29, 0.717) is 6.54 Å². The monoisotopic (exact) mass is 205 g/mol. The van der Waals surface area contributed by atoms with Gasteiger partial charge in [-0.1, -0.05) is 19.1 Å². The van der Waals surface area contributed by atoms with E-state index in [0.717, 1.165) is 12.0 Å². The van der Waals surface area contributed by atoms with Gasteiger partial charge in [-0.3, -0.25) is 0 Å². The molecule has 78 valence electrons. The van der Waals surface area contributed by atoms with Crippen molar-refractivity contribution in [1.29, 1.82) is 0 Å². The van der Waals surface area contributed by atoms with Crippen LogP contribution in [-0.2, 0) is 9.84 Å². The highest BCUT2D eigenvalue weighted by Gasteiger charge is 2.09. The zero-order valence-corrected chi connectivity index (χ0v) is 9.45. The molecule has 0 heterocycles. The Morgan fingerprint density at radius 3 is 2.46 bits per heavy atom. The molecule has 3 nitrogen and oxygen atoms in total. The van der Waals surface area contributed by atoms with Crippen LogP contribution in [0, 0.1) is 0 Å². The van der Waals surface area contributed by atoms with Crippen LogP contribution in [0.25, 0.3) is 0 Å². The molecule has 1 N–H and O–H groups in total. The fourth-order valence-corrected chi connectivity index (χ4v) is 1.98. The van der Waals surface area contributed by atoms with Crippen molar-refractivity contribution in [3.8, 4) is 0 Å². The highest BCUT2D eigenvalue weighted by Crippen LogP contribution is 1.95. The lowest BCUT2D eigenvalue weighted by atomic mass is 10.2. The Kier molecular flexibility index (Phi) is 5.25. The smallest absolute Gasteiger partial charge is 0.148 e. The topological polar surface area (TPSA) is 46.2 Å². The van der Waals surface area contributed by atoms with Crippen molar-refractivity contribution in [3.63, 3.8) is 0 Å². The summed E-state index contributed by atoms with van der Waals surface area (Å²) >= 11 is 0. The second-order valence-corrected chi connectivity index (χ2v) is 5.66. The van der Waals surface area contributed by atoms with Crippen LogP contribution < -0.4 is 5.32 Å². The summed E-state index contributed by atoms with van der Waals surface area (Å²) in [7, 11) is -2.87. The maximum atomic E-state index is 10.9. The van der Waals surface area contributed by atoms with Crippen LogP contribution in [0.4, 0.5) is 0 Å². The van der Waals surface area contributed by atoms with E-state index in [2.05, 4.69) is 11.9 Å². The average Bonchev–Trinajstić information content (AvgIpc) is 1.97. The van der Waals surface area contributed by atoms with Crippen molar-refractivity contribution < 1.29 is 8.42 Å². The maximum absolute atomic E-state index is 10.9. The van der Waals surface area contributed by atoms with Crippen LogP contribution in [0.1, 0.15) is 20.3 Å². The molecule has 0 aliphatic rings. The molecule has 0 amide bonds. The van der Waals surface area contributed by atoms with E-state index in [-0.39, 0.29) is 11.8 Å². The second kappa shape index (κ2) is 5.40. The Balaban J connectivity index is 3.76. The predicted octanol–water partition coefficient (Wildman–Crippen LogP) is 0.975. The summed E-state index contributed by atoms with van der Waals surface area (Å²) in [5.41, 5.74) is 1.10. The van der Waals surface area contributed by atoms with E-state index in [1.165, 1.54) is 6.26 Å². The van der Waals surface area contributed by atoms with Gasteiger partial charge >= 0.3 is 0 Å². The molecule has 0 spiro atoms. The molecular weight excluding hydrogens is 186 g/mol. The molecule has 1 unspecified atom stereocenters. The highest BCUT2D eigenvalue weighted by atomic mass is 32.2. The van der Waals surface area contributed by atoms with Gasteiger partial charge in [0.1, 0.15) is 9.84 Å². The molecule has 0 fully saturated rings. The van der Waals surface area contributed by atoms with Crippen molar-refractivity contribution in [3.05, 3.63) is 12.2 Å². The third-order valence-electron chi connectivity index (χ3n) is 1.75.